The number of aromatic nitrogens is 2. The summed E-state index contributed by atoms with van der Waals surface area (Å²) >= 11 is 0. The highest BCUT2D eigenvalue weighted by molar-refractivity contribution is 5.71. The van der Waals surface area contributed by atoms with E-state index in [4.69, 9.17) is 5.73 Å². The summed E-state index contributed by atoms with van der Waals surface area (Å²) in [4.78, 5) is 7.78. The normalized spacial score (nSPS) is 14.6. The molecule has 0 radical (unpaired) electrons. The fourth-order valence-electron chi connectivity index (χ4n) is 2.31. The molecule has 0 saturated heterocycles. The Bertz CT molecular complexity index is 536. The van der Waals surface area contributed by atoms with Gasteiger partial charge in [-0.3, -0.25) is 0 Å². The highest BCUT2D eigenvalue weighted by atomic mass is 19.1. The predicted molar refractivity (Wildman–Crippen MR) is 65.0 cm³/mol. The van der Waals surface area contributed by atoms with Crippen LogP contribution in [0.3, 0.4) is 0 Å². The highest BCUT2D eigenvalue weighted by Crippen LogP contribution is 2.28. The highest BCUT2D eigenvalue weighted by Gasteiger charge is 2.16. The van der Waals surface area contributed by atoms with E-state index >= 15 is 0 Å². The van der Waals surface area contributed by atoms with Crippen molar-refractivity contribution in [2.24, 2.45) is 0 Å². The lowest BCUT2D eigenvalue weighted by atomic mass is 10.0. The molecular formula is C13H14FN3. The maximum atomic E-state index is 13.2. The van der Waals surface area contributed by atoms with Gasteiger partial charge in [-0.2, -0.15) is 0 Å². The molecule has 3 N–H and O–H groups in total. The molecule has 1 aliphatic rings. The van der Waals surface area contributed by atoms with Gasteiger partial charge in [-0.25, -0.2) is 9.37 Å². The van der Waals surface area contributed by atoms with E-state index in [9.17, 15) is 4.39 Å². The number of halogens is 1. The van der Waals surface area contributed by atoms with Crippen LogP contribution >= 0.6 is 0 Å². The Balaban J connectivity index is 2.08. The summed E-state index contributed by atoms with van der Waals surface area (Å²) in [6, 6.07) is 4.37. The number of nitrogen functional groups attached to an aromatic ring is 1. The molecule has 17 heavy (non-hydrogen) atoms. The first-order valence-corrected chi connectivity index (χ1v) is 5.87. The number of benzene rings is 1. The molecule has 0 fully saturated rings. The zero-order valence-electron chi connectivity index (χ0n) is 9.46. The summed E-state index contributed by atoms with van der Waals surface area (Å²) < 4.78 is 13.2. The number of nitrogens with one attached hydrogen (secondary N) is 1. The van der Waals surface area contributed by atoms with Crippen molar-refractivity contribution in [3.8, 4) is 11.4 Å². The second-order valence-electron chi connectivity index (χ2n) is 4.45. The molecule has 0 amide bonds. The Kier molecular flexibility index (Phi) is 2.35. The second-order valence-corrected chi connectivity index (χ2v) is 4.45. The third kappa shape index (κ3) is 1.79. The monoisotopic (exact) mass is 231 g/mol. The number of nitrogens with two attached hydrogens (primary N) is 1. The van der Waals surface area contributed by atoms with Crippen molar-refractivity contribution in [3.05, 3.63) is 35.4 Å². The number of hydrogen-bond donors (Lipinski definition) is 2. The molecule has 1 heterocycles. The summed E-state index contributed by atoms with van der Waals surface area (Å²) in [5.41, 5.74) is 9.34. The summed E-state index contributed by atoms with van der Waals surface area (Å²) in [5.74, 6) is 0.400. The van der Waals surface area contributed by atoms with Gasteiger partial charge >= 0.3 is 0 Å². The van der Waals surface area contributed by atoms with Gasteiger partial charge in [0.25, 0.3) is 0 Å². The number of anilines is 1. The zero-order chi connectivity index (χ0) is 11.8. The SMILES string of the molecule is Nc1ccc(F)cc1-c1nc2c([nH]1)CCCC2. The average molecular weight is 231 g/mol. The summed E-state index contributed by atoms with van der Waals surface area (Å²) in [5, 5.41) is 0. The number of aromatic amines is 1. The quantitative estimate of drug-likeness (QED) is 0.741. The van der Waals surface area contributed by atoms with Crippen LogP contribution in [0.4, 0.5) is 10.1 Å². The van der Waals surface area contributed by atoms with Crippen LogP contribution in [0.1, 0.15) is 24.2 Å². The Morgan fingerprint density at radius 1 is 1.24 bits per heavy atom. The minimum atomic E-state index is -0.288. The third-order valence-electron chi connectivity index (χ3n) is 3.23. The van der Waals surface area contributed by atoms with Crippen molar-refractivity contribution in [1.82, 2.24) is 9.97 Å². The minimum Gasteiger partial charge on any atom is -0.398 e. The number of H-pyrrole nitrogens is 1. The topological polar surface area (TPSA) is 54.7 Å². The fraction of sp³-hybridized carbons (Fsp3) is 0.308. The van der Waals surface area contributed by atoms with Crippen LogP contribution in [0, 0.1) is 5.82 Å². The maximum absolute atomic E-state index is 13.2. The minimum absolute atomic E-state index is 0.288. The molecule has 0 bridgehead atoms. The maximum Gasteiger partial charge on any atom is 0.140 e. The van der Waals surface area contributed by atoms with Gasteiger partial charge in [0.15, 0.2) is 0 Å². The van der Waals surface area contributed by atoms with Gasteiger partial charge in [0.2, 0.25) is 0 Å². The largest absolute Gasteiger partial charge is 0.398 e. The third-order valence-corrected chi connectivity index (χ3v) is 3.23. The zero-order valence-corrected chi connectivity index (χ0v) is 9.46. The Morgan fingerprint density at radius 2 is 2.06 bits per heavy atom. The molecule has 4 heteroatoms. The lowest BCUT2D eigenvalue weighted by Gasteiger charge is -2.07. The van der Waals surface area contributed by atoms with Crippen LogP contribution in [-0.4, -0.2) is 9.97 Å². The standard InChI is InChI=1S/C13H14FN3/c14-8-5-6-10(15)9(7-8)13-16-11-3-1-2-4-12(11)17-13/h5-7H,1-4,15H2,(H,16,17). The molecule has 1 aromatic carbocycles. The molecule has 0 saturated carbocycles. The predicted octanol–water partition coefficient (Wildman–Crippen LogP) is 2.68. The lowest BCUT2D eigenvalue weighted by Crippen LogP contribution is -2.00. The van der Waals surface area contributed by atoms with Crippen LogP contribution in [0.15, 0.2) is 18.2 Å². The summed E-state index contributed by atoms with van der Waals surface area (Å²) in [7, 11) is 0. The van der Waals surface area contributed by atoms with Crippen molar-refractivity contribution in [2.75, 3.05) is 5.73 Å². The average Bonchev–Trinajstić information content (AvgIpc) is 2.75. The molecule has 3 nitrogen and oxygen atoms in total. The Labute approximate surface area is 98.9 Å². The van der Waals surface area contributed by atoms with E-state index in [-0.39, 0.29) is 5.82 Å². The van der Waals surface area contributed by atoms with Crippen molar-refractivity contribution >= 4 is 5.69 Å². The van der Waals surface area contributed by atoms with Gasteiger partial charge < -0.3 is 10.7 Å². The Morgan fingerprint density at radius 3 is 2.88 bits per heavy atom. The molecule has 88 valence electrons. The summed E-state index contributed by atoms with van der Waals surface area (Å²) in [6.45, 7) is 0. The first-order valence-electron chi connectivity index (χ1n) is 5.87. The van der Waals surface area contributed by atoms with E-state index in [0.717, 1.165) is 18.5 Å². The second kappa shape index (κ2) is 3.87. The van der Waals surface area contributed by atoms with Gasteiger partial charge in [-0.15, -0.1) is 0 Å². The van der Waals surface area contributed by atoms with Crippen LogP contribution in [-0.2, 0) is 12.8 Å². The van der Waals surface area contributed by atoms with E-state index in [1.165, 1.54) is 30.7 Å². The van der Waals surface area contributed by atoms with Gasteiger partial charge in [-0.1, -0.05) is 0 Å². The number of aryl methyl sites for hydroxylation is 2. The van der Waals surface area contributed by atoms with Gasteiger partial charge in [0, 0.05) is 16.9 Å². The first kappa shape index (κ1) is 10.3. The first-order chi connectivity index (χ1) is 8.24. The number of rotatable bonds is 1. The molecule has 3 rings (SSSR count). The Hall–Kier alpha value is -1.84. The number of imidazole rings is 1. The molecule has 0 spiro atoms. The van der Waals surface area contributed by atoms with Gasteiger partial charge in [-0.05, 0) is 43.9 Å². The van der Waals surface area contributed by atoms with E-state index in [1.807, 2.05) is 0 Å². The molecule has 0 atom stereocenters. The number of nitrogens with zero attached hydrogens (tertiary/aromatic N) is 1. The van der Waals surface area contributed by atoms with Gasteiger partial charge in [0.1, 0.15) is 11.6 Å². The van der Waals surface area contributed by atoms with Crippen LogP contribution < -0.4 is 5.73 Å². The number of hydrogen-bond acceptors (Lipinski definition) is 2. The lowest BCUT2D eigenvalue weighted by molar-refractivity contribution is 0.628. The van der Waals surface area contributed by atoms with E-state index in [1.54, 1.807) is 6.07 Å². The smallest absolute Gasteiger partial charge is 0.140 e. The molecule has 0 aliphatic heterocycles. The molecular weight excluding hydrogens is 217 g/mol. The van der Waals surface area contributed by atoms with Crippen molar-refractivity contribution in [2.45, 2.75) is 25.7 Å². The van der Waals surface area contributed by atoms with Crippen LogP contribution in [0.25, 0.3) is 11.4 Å². The molecule has 1 aromatic heterocycles. The van der Waals surface area contributed by atoms with Crippen molar-refractivity contribution in [1.29, 1.82) is 0 Å². The molecule has 1 aliphatic carbocycles. The van der Waals surface area contributed by atoms with Crippen LogP contribution in [0.2, 0.25) is 0 Å². The van der Waals surface area contributed by atoms with E-state index in [2.05, 4.69) is 9.97 Å². The molecule has 0 unspecified atom stereocenters. The van der Waals surface area contributed by atoms with E-state index in [0.29, 0.717) is 17.1 Å². The fourth-order valence-corrected chi connectivity index (χ4v) is 2.31. The summed E-state index contributed by atoms with van der Waals surface area (Å²) in [6.07, 6.45) is 4.39. The van der Waals surface area contributed by atoms with Gasteiger partial charge in [0.05, 0.1) is 5.69 Å². The van der Waals surface area contributed by atoms with Crippen molar-refractivity contribution < 1.29 is 4.39 Å². The van der Waals surface area contributed by atoms with Crippen molar-refractivity contribution in [3.63, 3.8) is 0 Å². The van der Waals surface area contributed by atoms with E-state index < -0.39 is 0 Å². The van der Waals surface area contributed by atoms with Crippen LogP contribution in [0.5, 0.6) is 0 Å². The molecule has 2 aromatic rings. The number of fused-ring (bicyclic) bond motifs is 1.